The van der Waals surface area contributed by atoms with Crippen LogP contribution in [0.3, 0.4) is 0 Å². The number of hydrogen-bond donors (Lipinski definition) is 0. The van der Waals surface area contributed by atoms with E-state index in [-0.39, 0.29) is 17.0 Å². The average molecular weight is 353 g/mol. The molecule has 0 aliphatic carbocycles. The van der Waals surface area contributed by atoms with Gasteiger partial charge in [0.05, 0.1) is 17.1 Å². The van der Waals surface area contributed by atoms with Gasteiger partial charge in [-0.15, -0.1) is 28.3 Å². The number of fused-ring (bicyclic) bond motifs is 2. The van der Waals surface area contributed by atoms with Crippen molar-refractivity contribution < 1.29 is 0 Å². The summed E-state index contributed by atoms with van der Waals surface area (Å²) in [6.07, 6.45) is 0. The van der Waals surface area contributed by atoms with E-state index in [1.54, 1.807) is 0 Å². The molecule has 0 amide bonds. The third-order valence-electron chi connectivity index (χ3n) is 3.31. The molecule has 0 saturated heterocycles. The maximum Gasteiger partial charge on any atom is 0.168 e. The summed E-state index contributed by atoms with van der Waals surface area (Å²) in [7, 11) is 0. The van der Waals surface area contributed by atoms with E-state index in [1.807, 2.05) is 23.1 Å². The number of thioether (sulfide) groups is 1. The van der Waals surface area contributed by atoms with Gasteiger partial charge in [-0.3, -0.25) is 4.99 Å². The van der Waals surface area contributed by atoms with Gasteiger partial charge < -0.3 is 4.90 Å². The van der Waals surface area contributed by atoms with Crippen LogP contribution in [0.2, 0.25) is 0 Å². The summed E-state index contributed by atoms with van der Waals surface area (Å²) in [6.45, 7) is 4.17. The van der Waals surface area contributed by atoms with Crippen molar-refractivity contribution in [1.29, 1.82) is 0 Å². The van der Waals surface area contributed by atoms with Gasteiger partial charge in [0.15, 0.2) is 5.17 Å². The fourth-order valence-electron chi connectivity index (χ4n) is 2.50. The molecule has 3 heterocycles. The Morgan fingerprint density at radius 2 is 2.11 bits per heavy atom. The second-order valence-corrected chi connectivity index (χ2v) is 6.74. The molecule has 2 aliphatic heterocycles. The fourth-order valence-corrected chi connectivity index (χ4v) is 4.78. The maximum absolute atomic E-state index is 4.55. The third-order valence-corrected chi connectivity index (χ3v) is 5.46. The number of hydrogen-bond acceptors (Lipinski definition) is 4. The number of nitrogens with zero attached hydrogens (tertiary/aromatic N) is 2. The lowest BCUT2D eigenvalue weighted by atomic mass is 10.2. The predicted octanol–water partition coefficient (Wildman–Crippen LogP) is 4.59. The molecule has 0 atom stereocenters. The summed E-state index contributed by atoms with van der Waals surface area (Å²) >= 11 is 3.69. The zero-order valence-electron chi connectivity index (χ0n) is 10.4. The lowest BCUT2D eigenvalue weighted by Crippen LogP contribution is -2.19. The van der Waals surface area contributed by atoms with Gasteiger partial charge in [0.2, 0.25) is 0 Å². The Balaban J connectivity index is 0.00000110. The van der Waals surface area contributed by atoms with Crippen molar-refractivity contribution in [2.24, 2.45) is 4.99 Å². The second-order valence-electron chi connectivity index (χ2n) is 4.47. The minimum atomic E-state index is 0. The van der Waals surface area contributed by atoms with Crippen LogP contribution < -0.4 is 0 Å². The van der Waals surface area contributed by atoms with E-state index < -0.39 is 0 Å². The first-order valence-corrected chi connectivity index (χ1v) is 7.66. The fraction of sp³-hybridized carbons (Fsp3) is 0.214. The van der Waals surface area contributed by atoms with Crippen molar-refractivity contribution >= 4 is 61.0 Å². The Labute approximate surface area is 131 Å². The molecule has 0 radical (unpaired) electrons. The monoisotopic (exact) mass is 352 g/mol. The van der Waals surface area contributed by atoms with E-state index in [0.717, 1.165) is 13.1 Å². The molecule has 0 spiro atoms. The Morgan fingerprint density at radius 3 is 2.95 bits per heavy atom. The first kappa shape index (κ1) is 13.2. The first-order chi connectivity index (χ1) is 8.83. The van der Waals surface area contributed by atoms with E-state index in [2.05, 4.69) is 47.1 Å². The van der Waals surface area contributed by atoms with Crippen LogP contribution in [-0.2, 0) is 0 Å². The molecule has 19 heavy (non-hydrogen) atoms. The highest BCUT2D eigenvalue weighted by atomic mass is 79.9. The van der Waals surface area contributed by atoms with Crippen LogP contribution in [0.1, 0.15) is 11.8 Å². The molecule has 5 heteroatoms. The number of amidine groups is 1. The summed E-state index contributed by atoms with van der Waals surface area (Å²) in [5.41, 5.74) is 1.37. The Hall–Kier alpha value is -0.780. The largest absolute Gasteiger partial charge is 0.317 e. The molecule has 2 aromatic rings. The number of allylic oxidation sites excluding steroid dienone is 1. The molecule has 0 bridgehead atoms. The maximum atomic E-state index is 4.55. The van der Waals surface area contributed by atoms with E-state index in [9.17, 15) is 0 Å². The van der Waals surface area contributed by atoms with Crippen LogP contribution in [0.5, 0.6) is 0 Å². The number of rotatable bonds is 1. The van der Waals surface area contributed by atoms with E-state index in [0.29, 0.717) is 0 Å². The van der Waals surface area contributed by atoms with Crippen molar-refractivity contribution in [3.63, 3.8) is 0 Å². The molecule has 98 valence electrons. The lowest BCUT2D eigenvalue weighted by molar-refractivity contribution is 0.649. The Kier molecular flexibility index (Phi) is 3.45. The average Bonchev–Trinajstić information content (AvgIpc) is 3.00. The van der Waals surface area contributed by atoms with Crippen molar-refractivity contribution in [2.75, 3.05) is 13.1 Å². The Bertz CT molecular complexity index is 669. The number of aliphatic imine (C=N–C) groups is 1. The van der Waals surface area contributed by atoms with Gasteiger partial charge in [-0.2, -0.15) is 0 Å². The van der Waals surface area contributed by atoms with Crippen LogP contribution in [0, 0.1) is 0 Å². The molecule has 2 aliphatic rings. The van der Waals surface area contributed by atoms with Gasteiger partial charge in [0.25, 0.3) is 0 Å². The summed E-state index contributed by atoms with van der Waals surface area (Å²) in [5, 5.41) is 2.52. The van der Waals surface area contributed by atoms with Gasteiger partial charge in [-0.1, -0.05) is 30.0 Å². The molecule has 2 nitrogen and oxygen atoms in total. The molecular weight excluding hydrogens is 340 g/mol. The van der Waals surface area contributed by atoms with Gasteiger partial charge in [-0.25, -0.2) is 0 Å². The van der Waals surface area contributed by atoms with Crippen LogP contribution >= 0.6 is 40.1 Å². The SMILES string of the molecule is Br.CC1=C(c2cc3ccccc3s2)N2CCN=C2S1. The number of benzene rings is 1. The van der Waals surface area contributed by atoms with Crippen molar-refractivity contribution in [1.82, 2.24) is 4.90 Å². The van der Waals surface area contributed by atoms with Gasteiger partial charge in [-0.05, 0) is 24.4 Å². The normalized spacial score (nSPS) is 17.7. The number of thiophene rings is 1. The topological polar surface area (TPSA) is 15.6 Å². The zero-order chi connectivity index (χ0) is 12.1. The second kappa shape index (κ2) is 4.96. The summed E-state index contributed by atoms with van der Waals surface area (Å²) < 4.78 is 1.36. The van der Waals surface area contributed by atoms with Gasteiger partial charge in [0.1, 0.15) is 0 Å². The van der Waals surface area contributed by atoms with Crippen LogP contribution in [0.4, 0.5) is 0 Å². The molecule has 0 fully saturated rings. The number of halogens is 1. The zero-order valence-corrected chi connectivity index (χ0v) is 13.8. The third kappa shape index (κ3) is 2.04. The van der Waals surface area contributed by atoms with E-state index in [4.69, 9.17) is 0 Å². The first-order valence-electron chi connectivity index (χ1n) is 6.02. The molecule has 4 rings (SSSR count). The summed E-state index contributed by atoms with van der Waals surface area (Å²) in [6, 6.07) is 10.9. The summed E-state index contributed by atoms with van der Waals surface area (Å²) in [4.78, 5) is 9.66. The minimum Gasteiger partial charge on any atom is -0.317 e. The highest BCUT2D eigenvalue weighted by Crippen LogP contribution is 2.44. The molecular formula is C14H13BrN2S2. The van der Waals surface area contributed by atoms with E-state index >= 15 is 0 Å². The molecule has 1 aromatic carbocycles. The highest BCUT2D eigenvalue weighted by molar-refractivity contribution is 8.93. The smallest absolute Gasteiger partial charge is 0.168 e. The summed E-state index contributed by atoms with van der Waals surface area (Å²) in [5.74, 6) is 0. The molecule has 0 N–H and O–H groups in total. The Morgan fingerprint density at radius 1 is 1.26 bits per heavy atom. The van der Waals surface area contributed by atoms with Crippen molar-refractivity contribution in [2.45, 2.75) is 6.92 Å². The standard InChI is InChI=1S/C14H12N2S2.BrH/c1-9-13(16-7-6-15-14(16)17-9)12-8-10-4-2-3-5-11(10)18-12;/h2-5,8H,6-7H2,1H3;1H. The van der Waals surface area contributed by atoms with Crippen LogP contribution in [-0.4, -0.2) is 23.2 Å². The van der Waals surface area contributed by atoms with Gasteiger partial charge in [0, 0.05) is 16.1 Å². The molecule has 0 saturated carbocycles. The molecule has 0 unspecified atom stereocenters. The van der Waals surface area contributed by atoms with Crippen LogP contribution in [0.25, 0.3) is 15.8 Å². The quantitative estimate of drug-likeness (QED) is 0.745. The minimum absolute atomic E-state index is 0. The highest BCUT2D eigenvalue weighted by Gasteiger charge is 2.31. The van der Waals surface area contributed by atoms with Crippen molar-refractivity contribution in [3.8, 4) is 0 Å². The van der Waals surface area contributed by atoms with Gasteiger partial charge >= 0.3 is 0 Å². The van der Waals surface area contributed by atoms with Crippen molar-refractivity contribution in [3.05, 3.63) is 40.1 Å². The van der Waals surface area contributed by atoms with Crippen LogP contribution in [0.15, 0.2) is 40.2 Å². The van der Waals surface area contributed by atoms with E-state index in [1.165, 1.54) is 30.7 Å². The predicted molar refractivity (Wildman–Crippen MR) is 91.3 cm³/mol. The molecule has 1 aromatic heterocycles. The lowest BCUT2D eigenvalue weighted by Gasteiger charge is -2.15.